The highest BCUT2D eigenvalue weighted by Gasteiger charge is 2.07. The maximum Gasteiger partial charge on any atom is 0.224 e. The summed E-state index contributed by atoms with van der Waals surface area (Å²) in [6.45, 7) is 7.15. The molecule has 0 aromatic heterocycles. The first kappa shape index (κ1) is 15.7. The number of amides is 1. The van der Waals surface area contributed by atoms with Crippen molar-refractivity contribution in [3.63, 3.8) is 0 Å². The molecule has 1 amide bonds. The Hall–Kier alpha value is -1.35. The molecule has 106 valence electrons. The number of nitrogens with two attached hydrogens (primary N) is 1. The van der Waals surface area contributed by atoms with Crippen LogP contribution < -0.4 is 11.1 Å². The zero-order chi connectivity index (χ0) is 14.3. The Kier molecular flexibility index (Phi) is 6.57. The molecule has 3 N–H and O–H groups in total. The van der Waals surface area contributed by atoms with Gasteiger partial charge in [-0.1, -0.05) is 32.9 Å². The predicted molar refractivity (Wildman–Crippen MR) is 81.2 cm³/mol. The normalized spacial score (nSPS) is 12.5. The molecule has 19 heavy (non-hydrogen) atoms. The molecule has 3 heteroatoms. The molecule has 1 aromatic rings. The Morgan fingerprint density at radius 3 is 2.32 bits per heavy atom. The standard InChI is InChI=1S/C16H26N2O/c1-12(2)14-5-7-15(8-6-14)18-16(19)9-4-13(3)10-11-17/h5-8,12-13H,4,9-11,17H2,1-3H3,(H,18,19). The fourth-order valence-corrected chi connectivity index (χ4v) is 1.98. The first-order valence-electron chi connectivity index (χ1n) is 7.12. The molecule has 3 nitrogen and oxygen atoms in total. The number of anilines is 1. The zero-order valence-corrected chi connectivity index (χ0v) is 12.3. The van der Waals surface area contributed by atoms with E-state index in [9.17, 15) is 4.79 Å². The lowest BCUT2D eigenvalue weighted by molar-refractivity contribution is -0.116. The summed E-state index contributed by atoms with van der Waals surface area (Å²) >= 11 is 0. The third kappa shape index (κ3) is 5.88. The predicted octanol–water partition coefficient (Wildman–Crippen LogP) is 3.51. The summed E-state index contributed by atoms with van der Waals surface area (Å²) in [5.74, 6) is 1.11. The first-order valence-corrected chi connectivity index (χ1v) is 7.12. The van der Waals surface area contributed by atoms with Gasteiger partial charge in [0.25, 0.3) is 0 Å². The third-order valence-electron chi connectivity index (χ3n) is 3.38. The van der Waals surface area contributed by atoms with Crippen LogP contribution in [0.15, 0.2) is 24.3 Å². The highest BCUT2D eigenvalue weighted by Crippen LogP contribution is 2.17. The smallest absolute Gasteiger partial charge is 0.224 e. The molecule has 1 atom stereocenters. The van der Waals surface area contributed by atoms with Crippen LogP contribution >= 0.6 is 0 Å². The van der Waals surface area contributed by atoms with E-state index in [1.807, 2.05) is 12.1 Å². The molecular weight excluding hydrogens is 236 g/mol. The van der Waals surface area contributed by atoms with Crippen LogP contribution in [-0.4, -0.2) is 12.5 Å². The van der Waals surface area contributed by atoms with Crippen molar-refractivity contribution < 1.29 is 4.79 Å². The van der Waals surface area contributed by atoms with Gasteiger partial charge < -0.3 is 11.1 Å². The van der Waals surface area contributed by atoms with Gasteiger partial charge in [-0.3, -0.25) is 4.79 Å². The third-order valence-corrected chi connectivity index (χ3v) is 3.38. The maximum atomic E-state index is 11.8. The number of carbonyl (C=O) groups is 1. The van der Waals surface area contributed by atoms with Gasteiger partial charge in [-0.2, -0.15) is 0 Å². The monoisotopic (exact) mass is 262 g/mol. The molecule has 0 radical (unpaired) electrons. The van der Waals surface area contributed by atoms with Gasteiger partial charge in [-0.05, 0) is 48.9 Å². The topological polar surface area (TPSA) is 55.1 Å². The molecule has 0 saturated heterocycles. The van der Waals surface area contributed by atoms with Crippen molar-refractivity contribution in [1.29, 1.82) is 0 Å². The highest BCUT2D eigenvalue weighted by atomic mass is 16.1. The number of hydrogen-bond acceptors (Lipinski definition) is 2. The van der Waals surface area contributed by atoms with Gasteiger partial charge in [-0.15, -0.1) is 0 Å². The summed E-state index contributed by atoms with van der Waals surface area (Å²) in [7, 11) is 0. The number of carbonyl (C=O) groups excluding carboxylic acids is 1. The molecule has 0 heterocycles. The van der Waals surface area contributed by atoms with E-state index in [0.717, 1.165) is 18.5 Å². The molecule has 0 aliphatic heterocycles. The summed E-state index contributed by atoms with van der Waals surface area (Å²) < 4.78 is 0. The van der Waals surface area contributed by atoms with Crippen molar-refractivity contribution in [2.45, 2.75) is 46.0 Å². The van der Waals surface area contributed by atoms with E-state index in [4.69, 9.17) is 5.73 Å². The van der Waals surface area contributed by atoms with Crippen molar-refractivity contribution in [2.75, 3.05) is 11.9 Å². The van der Waals surface area contributed by atoms with Crippen LogP contribution in [0.3, 0.4) is 0 Å². The van der Waals surface area contributed by atoms with Crippen molar-refractivity contribution >= 4 is 11.6 Å². The summed E-state index contributed by atoms with van der Waals surface area (Å²) in [5.41, 5.74) is 7.66. The molecule has 1 aromatic carbocycles. The molecule has 0 saturated carbocycles. The number of hydrogen-bond donors (Lipinski definition) is 2. The van der Waals surface area contributed by atoms with Crippen molar-refractivity contribution in [1.82, 2.24) is 0 Å². The van der Waals surface area contributed by atoms with Crippen molar-refractivity contribution in [3.05, 3.63) is 29.8 Å². The number of rotatable bonds is 7. The second kappa shape index (κ2) is 7.95. The summed E-state index contributed by atoms with van der Waals surface area (Å²) in [6.07, 6.45) is 2.44. The molecule has 0 fully saturated rings. The van der Waals surface area contributed by atoms with Gasteiger partial charge in [0.05, 0.1) is 0 Å². The average molecular weight is 262 g/mol. The molecule has 0 aliphatic carbocycles. The Bertz CT molecular complexity index is 384. The lowest BCUT2D eigenvalue weighted by Gasteiger charge is -2.11. The van der Waals surface area contributed by atoms with Gasteiger partial charge >= 0.3 is 0 Å². The number of nitrogens with one attached hydrogen (secondary N) is 1. The minimum absolute atomic E-state index is 0.0844. The minimum atomic E-state index is 0.0844. The van der Waals surface area contributed by atoms with Crippen LogP contribution in [-0.2, 0) is 4.79 Å². The largest absolute Gasteiger partial charge is 0.330 e. The zero-order valence-electron chi connectivity index (χ0n) is 12.3. The van der Waals surface area contributed by atoms with Gasteiger partial charge in [-0.25, -0.2) is 0 Å². The fraction of sp³-hybridized carbons (Fsp3) is 0.562. The van der Waals surface area contributed by atoms with Gasteiger partial charge in [0.2, 0.25) is 5.91 Å². The van der Waals surface area contributed by atoms with E-state index < -0.39 is 0 Å². The van der Waals surface area contributed by atoms with E-state index in [1.54, 1.807) is 0 Å². The second-order valence-corrected chi connectivity index (χ2v) is 5.55. The summed E-state index contributed by atoms with van der Waals surface area (Å²) in [5, 5.41) is 2.94. The first-order chi connectivity index (χ1) is 9.02. The average Bonchev–Trinajstić information content (AvgIpc) is 2.37. The van der Waals surface area contributed by atoms with Crippen molar-refractivity contribution in [2.24, 2.45) is 11.7 Å². The quantitative estimate of drug-likeness (QED) is 0.790. The van der Waals surface area contributed by atoms with Crippen LogP contribution in [0, 0.1) is 5.92 Å². The second-order valence-electron chi connectivity index (χ2n) is 5.55. The van der Waals surface area contributed by atoms with Crippen LogP contribution in [0.4, 0.5) is 5.69 Å². The molecule has 1 rings (SSSR count). The van der Waals surface area contributed by atoms with Crippen LogP contribution in [0.1, 0.15) is 51.5 Å². The van der Waals surface area contributed by atoms with E-state index in [-0.39, 0.29) is 5.91 Å². The van der Waals surface area contributed by atoms with E-state index in [1.165, 1.54) is 5.56 Å². The van der Waals surface area contributed by atoms with Crippen LogP contribution in [0.5, 0.6) is 0 Å². The lowest BCUT2D eigenvalue weighted by Crippen LogP contribution is -2.14. The SMILES string of the molecule is CC(CCN)CCC(=O)Nc1ccc(C(C)C)cc1. The van der Waals surface area contributed by atoms with E-state index >= 15 is 0 Å². The molecule has 0 spiro atoms. The maximum absolute atomic E-state index is 11.8. The summed E-state index contributed by atoms with van der Waals surface area (Å²) in [6, 6.07) is 8.07. The summed E-state index contributed by atoms with van der Waals surface area (Å²) in [4.78, 5) is 11.8. The Morgan fingerprint density at radius 1 is 1.16 bits per heavy atom. The van der Waals surface area contributed by atoms with Crippen molar-refractivity contribution in [3.8, 4) is 0 Å². The minimum Gasteiger partial charge on any atom is -0.330 e. The molecule has 0 bridgehead atoms. The molecule has 1 unspecified atom stereocenters. The Balaban J connectivity index is 2.40. The molecule has 0 aliphatic rings. The van der Waals surface area contributed by atoms with E-state index in [2.05, 4.69) is 38.2 Å². The number of benzene rings is 1. The highest BCUT2D eigenvalue weighted by molar-refractivity contribution is 5.90. The fourth-order valence-electron chi connectivity index (χ4n) is 1.98. The van der Waals surface area contributed by atoms with E-state index in [0.29, 0.717) is 24.8 Å². The van der Waals surface area contributed by atoms with Crippen LogP contribution in [0.25, 0.3) is 0 Å². The Labute approximate surface area is 116 Å². The lowest BCUT2D eigenvalue weighted by atomic mass is 10.0. The van der Waals surface area contributed by atoms with Gasteiger partial charge in [0.15, 0.2) is 0 Å². The van der Waals surface area contributed by atoms with Gasteiger partial charge in [0.1, 0.15) is 0 Å². The molecular formula is C16H26N2O. The van der Waals surface area contributed by atoms with Crippen LogP contribution in [0.2, 0.25) is 0 Å². The van der Waals surface area contributed by atoms with Gasteiger partial charge in [0, 0.05) is 12.1 Å². The Morgan fingerprint density at radius 2 is 1.79 bits per heavy atom.